The van der Waals surface area contributed by atoms with Crippen molar-refractivity contribution in [2.24, 2.45) is 0 Å². The van der Waals surface area contributed by atoms with E-state index >= 15 is 0 Å². The van der Waals surface area contributed by atoms with Gasteiger partial charge in [-0.05, 0) is 50.6 Å². The van der Waals surface area contributed by atoms with Crippen LogP contribution >= 0.6 is 22.9 Å². The number of hydrogen-bond acceptors (Lipinski definition) is 3. The molecule has 4 heteroatoms. The van der Waals surface area contributed by atoms with E-state index in [1.54, 1.807) is 0 Å². The summed E-state index contributed by atoms with van der Waals surface area (Å²) in [5.41, 5.74) is 1.33. The van der Waals surface area contributed by atoms with Gasteiger partial charge in [0.1, 0.15) is 5.01 Å². The van der Waals surface area contributed by atoms with Gasteiger partial charge >= 0.3 is 0 Å². The number of rotatable bonds is 2. The number of nitrogens with one attached hydrogen (secondary N) is 1. The standard InChI is InChI=1S/C14H17ClN2S/c1-2-14(5-7-16-8-6-14)13-17-11-9-10(15)3-4-12(11)18-13/h3-4,9,16H,2,5-8H2,1H3. The van der Waals surface area contributed by atoms with Crippen molar-refractivity contribution in [3.8, 4) is 0 Å². The van der Waals surface area contributed by atoms with Gasteiger partial charge in [-0.15, -0.1) is 11.3 Å². The van der Waals surface area contributed by atoms with Crippen LogP contribution in [-0.4, -0.2) is 18.1 Å². The number of hydrogen-bond donors (Lipinski definition) is 1. The summed E-state index contributed by atoms with van der Waals surface area (Å²) in [6.45, 7) is 4.49. The van der Waals surface area contributed by atoms with Crippen molar-refractivity contribution >= 4 is 33.2 Å². The molecule has 0 bridgehead atoms. The molecule has 3 rings (SSSR count). The molecule has 0 unspecified atom stereocenters. The molecule has 1 aliphatic rings. The Bertz CT molecular complexity index is 558. The third kappa shape index (κ3) is 2.04. The fourth-order valence-electron chi connectivity index (χ4n) is 2.75. The molecule has 18 heavy (non-hydrogen) atoms. The Labute approximate surface area is 116 Å². The van der Waals surface area contributed by atoms with Crippen LogP contribution in [0.15, 0.2) is 18.2 Å². The predicted octanol–water partition coefficient (Wildman–Crippen LogP) is 3.98. The maximum absolute atomic E-state index is 6.04. The smallest absolute Gasteiger partial charge is 0.100 e. The molecule has 1 aromatic carbocycles. The molecule has 0 spiro atoms. The highest BCUT2D eigenvalue weighted by Gasteiger charge is 2.34. The molecule has 2 aromatic rings. The molecule has 1 saturated heterocycles. The fraction of sp³-hybridized carbons (Fsp3) is 0.500. The molecule has 0 amide bonds. The number of thiazole rings is 1. The molecule has 0 radical (unpaired) electrons. The minimum Gasteiger partial charge on any atom is -0.317 e. The topological polar surface area (TPSA) is 24.9 Å². The van der Waals surface area contributed by atoms with Crippen LogP contribution < -0.4 is 5.32 Å². The zero-order chi connectivity index (χ0) is 12.6. The highest BCUT2D eigenvalue weighted by molar-refractivity contribution is 7.18. The summed E-state index contributed by atoms with van der Waals surface area (Å²) in [5.74, 6) is 0. The highest BCUT2D eigenvalue weighted by Crippen LogP contribution is 2.40. The maximum Gasteiger partial charge on any atom is 0.100 e. The lowest BCUT2D eigenvalue weighted by atomic mass is 9.77. The average molecular weight is 281 g/mol. The minimum absolute atomic E-state index is 0.279. The van der Waals surface area contributed by atoms with E-state index in [0.717, 1.165) is 23.6 Å². The van der Waals surface area contributed by atoms with Crippen LogP contribution in [0.3, 0.4) is 0 Å². The normalized spacial score (nSPS) is 19.2. The Morgan fingerprint density at radius 3 is 2.89 bits per heavy atom. The van der Waals surface area contributed by atoms with E-state index in [-0.39, 0.29) is 5.41 Å². The molecule has 2 nitrogen and oxygen atoms in total. The number of halogens is 1. The zero-order valence-electron chi connectivity index (χ0n) is 10.5. The van der Waals surface area contributed by atoms with Crippen molar-refractivity contribution in [3.63, 3.8) is 0 Å². The van der Waals surface area contributed by atoms with Crippen LogP contribution in [-0.2, 0) is 5.41 Å². The number of benzene rings is 1. The van der Waals surface area contributed by atoms with E-state index in [1.807, 2.05) is 23.5 Å². The van der Waals surface area contributed by atoms with E-state index in [2.05, 4.69) is 18.3 Å². The lowest BCUT2D eigenvalue weighted by Gasteiger charge is -2.34. The van der Waals surface area contributed by atoms with Crippen molar-refractivity contribution in [2.45, 2.75) is 31.6 Å². The van der Waals surface area contributed by atoms with Crippen LogP contribution in [0.4, 0.5) is 0 Å². The Morgan fingerprint density at radius 2 is 2.17 bits per heavy atom. The summed E-state index contributed by atoms with van der Waals surface area (Å²) in [5, 5.41) is 5.51. The van der Waals surface area contributed by atoms with E-state index in [9.17, 15) is 0 Å². The van der Waals surface area contributed by atoms with Crippen LogP contribution in [0, 0.1) is 0 Å². The fourth-order valence-corrected chi connectivity index (χ4v) is 4.18. The lowest BCUT2D eigenvalue weighted by molar-refractivity contribution is 0.297. The van der Waals surface area contributed by atoms with Crippen molar-refractivity contribution in [1.29, 1.82) is 0 Å². The van der Waals surface area contributed by atoms with E-state index < -0.39 is 0 Å². The molecular weight excluding hydrogens is 264 g/mol. The molecule has 1 aliphatic heterocycles. The molecule has 1 N–H and O–H groups in total. The number of aromatic nitrogens is 1. The Kier molecular flexibility index (Phi) is 3.31. The zero-order valence-corrected chi connectivity index (χ0v) is 12.1. The second kappa shape index (κ2) is 4.80. The van der Waals surface area contributed by atoms with Gasteiger partial charge in [-0.3, -0.25) is 0 Å². The van der Waals surface area contributed by atoms with Gasteiger partial charge in [-0.1, -0.05) is 18.5 Å². The Morgan fingerprint density at radius 1 is 1.39 bits per heavy atom. The summed E-state index contributed by atoms with van der Waals surface area (Å²) in [6.07, 6.45) is 3.55. The van der Waals surface area contributed by atoms with Crippen molar-refractivity contribution < 1.29 is 0 Å². The SMILES string of the molecule is CCC1(c2nc3cc(Cl)ccc3s2)CCNCC1. The van der Waals surface area contributed by atoms with Crippen molar-refractivity contribution in [3.05, 3.63) is 28.2 Å². The van der Waals surface area contributed by atoms with Gasteiger partial charge in [-0.25, -0.2) is 4.98 Å². The molecule has 1 aromatic heterocycles. The lowest BCUT2D eigenvalue weighted by Crippen LogP contribution is -2.39. The average Bonchev–Trinajstić information content (AvgIpc) is 2.83. The van der Waals surface area contributed by atoms with E-state index in [4.69, 9.17) is 16.6 Å². The maximum atomic E-state index is 6.04. The summed E-state index contributed by atoms with van der Waals surface area (Å²) in [6, 6.07) is 6.01. The summed E-state index contributed by atoms with van der Waals surface area (Å²) in [4.78, 5) is 4.85. The predicted molar refractivity (Wildman–Crippen MR) is 78.7 cm³/mol. The first kappa shape index (κ1) is 12.4. The van der Waals surface area contributed by atoms with E-state index in [0.29, 0.717) is 0 Å². The summed E-state index contributed by atoms with van der Waals surface area (Å²) < 4.78 is 1.25. The van der Waals surface area contributed by atoms with Gasteiger partial charge < -0.3 is 5.32 Å². The highest BCUT2D eigenvalue weighted by atomic mass is 35.5. The van der Waals surface area contributed by atoms with Crippen LogP contribution in [0.2, 0.25) is 5.02 Å². The van der Waals surface area contributed by atoms with Crippen molar-refractivity contribution in [2.75, 3.05) is 13.1 Å². The summed E-state index contributed by atoms with van der Waals surface area (Å²) >= 11 is 7.88. The van der Waals surface area contributed by atoms with Gasteiger partial charge in [-0.2, -0.15) is 0 Å². The Balaban J connectivity index is 2.06. The molecule has 1 fully saturated rings. The van der Waals surface area contributed by atoms with Gasteiger partial charge in [0.25, 0.3) is 0 Å². The van der Waals surface area contributed by atoms with Gasteiger partial charge in [0, 0.05) is 10.4 Å². The number of nitrogens with zero attached hydrogens (tertiary/aromatic N) is 1. The summed E-state index contributed by atoms with van der Waals surface area (Å²) in [7, 11) is 0. The molecule has 0 aliphatic carbocycles. The molecule has 0 saturated carbocycles. The largest absolute Gasteiger partial charge is 0.317 e. The second-order valence-corrected chi connectivity index (χ2v) is 6.48. The van der Waals surface area contributed by atoms with Crippen LogP contribution in [0.5, 0.6) is 0 Å². The van der Waals surface area contributed by atoms with Crippen LogP contribution in [0.25, 0.3) is 10.2 Å². The third-order valence-electron chi connectivity index (χ3n) is 4.04. The Hall–Kier alpha value is -0.640. The second-order valence-electron chi connectivity index (χ2n) is 5.01. The first-order valence-electron chi connectivity index (χ1n) is 6.51. The minimum atomic E-state index is 0.279. The third-order valence-corrected chi connectivity index (χ3v) is 5.56. The molecule has 96 valence electrons. The molecular formula is C14H17ClN2S. The van der Waals surface area contributed by atoms with Crippen LogP contribution in [0.1, 0.15) is 31.2 Å². The first-order chi connectivity index (χ1) is 8.73. The molecule has 0 atom stereocenters. The molecule has 2 heterocycles. The van der Waals surface area contributed by atoms with Crippen molar-refractivity contribution in [1.82, 2.24) is 10.3 Å². The van der Waals surface area contributed by atoms with Gasteiger partial charge in [0.2, 0.25) is 0 Å². The monoisotopic (exact) mass is 280 g/mol. The number of piperidine rings is 1. The quantitative estimate of drug-likeness (QED) is 0.900. The van der Waals surface area contributed by atoms with Gasteiger partial charge in [0.15, 0.2) is 0 Å². The number of fused-ring (bicyclic) bond motifs is 1. The van der Waals surface area contributed by atoms with Gasteiger partial charge in [0.05, 0.1) is 10.2 Å². The van der Waals surface area contributed by atoms with E-state index in [1.165, 1.54) is 29.0 Å². The first-order valence-corrected chi connectivity index (χ1v) is 7.70.